The Morgan fingerprint density at radius 3 is 2.62 bits per heavy atom. The van der Waals surface area contributed by atoms with Gasteiger partial charge in [-0.1, -0.05) is 35.0 Å². The van der Waals surface area contributed by atoms with Gasteiger partial charge in [-0.2, -0.15) is 9.29 Å². The lowest BCUT2D eigenvalue weighted by atomic mass is 10.1. The second-order valence-electron chi connectivity index (χ2n) is 6.61. The molecular formula is C20H21N3O5S. The number of aromatic nitrogens is 2. The van der Waals surface area contributed by atoms with Gasteiger partial charge in [0.05, 0.1) is 24.1 Å². The van der Waals surface area contributed by atoms with E-state index < -0.39 is 16.0 Å². The smallest absolute Gasteiger partial charge is 0.338 e. The summed E-state index contributed by atoms with van der Waals surface area (Å²) < 4.78 is 36.9. The van der Waals surface area contributed by atoms with Crippen molar-refractivity contribution in [3.05, 3.63) is 65.0 Å². The van der Waals surface area contributed by atoms with E-state index in [0.717, 1.165) is 15.4 Å². The van der Waals surface area contributed by atoms with Crippen molar-refractivity contribution in [2.45, 2.75) is 25.3 Å². The van der Waals surface area contributed by atoms with Crippen LogP contribution in [0.1, 0.15) is 27.4 Å². The van der Waals surface area contributed by atoms with Crippen molar-refractivity contribution in [3.8, 4) is 11.4 Å². The standard InChI is InChI=1S/C20H21N3O5S/c1-13-6-5-7-15(10-13)19-21-18(28-22-19)12-23(3)29(25,26)16-9-8-14(2)17(11-16)20(24)27-4/h5-11H,12H2,1-4H3. The van der Waals surface area contributed by atoms with E-state index in [4.69, 9.17) is 9.26 Å². The number of hydrogen-bond acceptors (Lipinski definition) is 7. The second-order valence-corrected chi connectivity index (χ2v) is 8.66. The number of hydrogen-bond donors (Lipinski definition) is 0. The minimum absolute atomic E-state index is 0.0237. The predicted octanol–water partition coefficient (Wildman–Crippen LogP) is 2.96. The van der Waals surface area contributed by atoms with Crippen LogP contribution in [0, 0.1) is 13.8 Å². The zero-order valence-electron chi connectivity index (χ0n) is 16.5. The third kappa shape index (κ3) is 4.36. The van der Waals surface area contributed by atoms with E-state index in [1.165, 1.54) is 26.3 Å². The molecule has 0 N–H and O–H groups in total. The number of carbonyl (C=O) groups is 1. The molecule has 2 aromatic carbocycles. The van der Waals surface area contributed by atoms with E-state index in [-0.39, 0.29) is 22.9 Å². The van der Waals surface area contributed by atoms with Crippen molar-refractivity contribution in [2.75, 3.05) is 14.2 Å². The summed E-state index contributed by atoms with van der Waals surface area (Å²) in [6.45, 7) is 3.55. The average molecular weight is 415 g/mol. The highest BCUT2D eigenvalue weighted by atomic mass is 32.2. The van der Waals surface area contributed by atoms with Gasteiger partial charge in [0.25, 0.3) is 0 Å². The minimum Gasteiger partial charge on any atom is -0.465 e. The Bertz CT molecular complexity index is 1150. The molecule has 152 valence electrons. The van der Waals surface area contributed by atoms with Gasteiger partial charge in [-0.05, 0) is 37.6 Å². The van der Waals surface area contributed by atoms with Crippen molar-refractivity contribution >= 4 is 16.0 Å². The Labute approximate surface area is 169 Å². The molecular weight excluding hydrogens is 394 g/mol. The molecule has 0 atom stereocenters. The number of ether oxygens (including phenoxy) is 1. The molecule has 0 saturated carbocycles. The van der Waals surface area contributed by atoms with Crippen LogP contribution in [0.2, 0.25) is 0 Å². The van der Waals surface area contributed by atoms with E-state index in [1.54, 1.807) is 13.0 Å². The van der Waals surface area contributed by atoms with Crippen LogP contribution < -0.4 is 0 Å². The number of esters is 1. The fourth-order valence-electron chi connectivity index (χ4n) is 2.77. The molecule has 0 aliphatic rings. The van der Waals surface area contributed by atoms with Crippen LogP contribution in [-0.2, 0) is 21.3 Å². The molecule has 0 bridgehead atoms. The summed E-state index contributed by atoms with van der Waals surface area (Å²) in [5, 5.41) is 3.93. The normalized spacial score (nSPS) is 11.6. The van der Waals surface area contributed by atoms with Gasteiger partial charge in [0.1, 0.15) is 0 Å². The number of rotatable bonds is 6. The highest BCUT2D eigenvalue weighted by Gasteiger charge is 2.25. The third-order valence-electron chi connectivity index (χ3n) is 4.42. The molecule has 0 saturated heterocycles. The SMILES string of the molecule is COC(=O)c1cc(S(=O)(=O)N(C)Cc2nc(-c3cccc(C)c3)no2)ccc1C. The number of methoxy groups -OCH3 is 1. The Hall–Kier alpha value is -3.04. The fraction of sp³-hybridized carbons (Fsp3) is 0.250. The summed E-state index contributed by atoms with van der Waals surface area (Å²) in [5.74, 6) is -0.0485. The summed E-state index contributed by atoms with van der Waals surface area (Å²) in [6.07, 6.45) is 0. The first kappa shape index (κ1) is 20.7. The molecule has 0 aliphatic carbocycles. The molecule has 29 heavy (non-hydrogen) atoms. The first-order chi connectivity index (χ1) is 13.7. The van der Waals surface area contributed by atoms with Crippen molar-refractivity contribution in [1.29, 1.82) is 0 Å². The van der Waals surface area contributed by atoms with Gasteiger partial charge in [0.15, 0.2) is 0 Å². The lowest BCUT2D eigenvalue weighted by Crippen LogP contribution is -2.27. The summed E-state index contributed by atoms with van der Waals surface area (Å²) in [7, 11) is -1.23. The van der Waals surface area contributed by atoms with E-state index in [9.17, 15) is 13.2 Å². The van der Waals surface area contributed by atoms with Crippen LogP contribution >= 0.6 is 0 Å². The highest BCUT2D eigenvalue weighted by molar-refractivity contribution is 7.89. The quantitative estimate of drug-likeness (QED) is 0.570. The topological polar surface area (TPSA) is 103 Å². The number of aryl methyl sites for hydroxylation is 2. The van der Waals surface area contributed by atoms with Crippen LogP contribution in [0.25, 0.3) is 11.4 Å². The van der Waals surface area contributed by atoms with Gasteiger partial charge in [0.2, 0.25) is 21.7 Å². The van der Waals surface area contributed by atoms with Crippen LogP contribution in [0.15, 0.2) is 51.9 Å². The molecule has 0 fully saturated rings. The van der Waals surface area contributed by atoms with Gasteiger partial charge in [-0.25, -0.2) is 13.2 Å². The first-order valence-electron chi connectivity index (χ1n) is 8.77. The Balaban J connectivity index is 1.83. The highest BCUT2D eigenvalue weighted by Crippen LogP contribution is 2.22. The largest absolute Gasteiger partial charge is 0.465 e. The third-order valence-corrected chi connectivity index (χ3v) is 6.22. The Morgan fingerprint density at radius 1 is 1.17 bits per heavy atom. The van der Waals surface area contributed by atoms with Crippen LogP contribution in [0.5, 0.6) is 0 Å². The predicted molar refractivity (Wildman–Crippen MR) is 106 cm³/mol. The number of benzene rings is 2. The second kappa shape index (κ2) is 8.14. The molecule has 1 heterocycles. The van der Waals surface area contributed by atoms with Crippen LogP contribution in [-0.4, -0.2) is 43.0 Å². The van der Waals surface area contributed by atoms with Crippen molar-refractivity contribution in [1.82, 2.24) is 14.4 Å². The molecule has 1 aromatic heterocycles. The Morgan fingerprint density at radius 2 is 1.93 bits per heavy atom. The fourth-order valence-corrected chi connectivity index (χ4v) is 3.91. The van der Waals surface area contributed by atoms with E-state index >= 15 is 0 Å². The van der Waals surface area contributed by atoms with E-state index in [2.05, 4.69) is 10.1 Å². The van der Waals surface area contributed by atoms with E-state index in [1.807, 2.05) is 31.2 Å². The molecule has 0 spiro atoms. The lowest BCUT2D eigenvalue weighted by Gasteiger charge is -2.16. The van der Waals surface area contributed by atoms with Gasteiger partial charge >= 0.3 is 5.97 Å². The zero-order chi connectivity index (χ0) is 21.2. The summed E-state index contributed by atoms with van der Waals surface area (Å²) in [5.41, 5.74) is 2.65. The molecule has 0 amide bonds. The number of sulfonamides is 1. The number of carbonyl (C=O) groups excluding carboxylic acids is 1. The van der Waals surface area contributed by atoms with Crippen molar-refractivity contribution in [3.63, 3.8) is 0 Å². The summed E-state index contributed by atoms with van der Waals surface area (Å²) in [4.78, 5) is 16.1. The summed E-state index contributed by atoms with van der Waals surface area (Å²) in [6, 6.07) is 11.9. The molecule has 8 nitrogen and oxygen atoms in total. The lowest BCUT2D eigenvalue weighted by molar-refractivity contribution is 0.0599. The maximum absolute atomic E-state index is 12.9. The maximum Gasteiger partial charge on any atom is 0.338 e. The Kier molecular flexibility index (Phi) is 5.81. The van der Waals surface area contributed by atoms with Crippen molar-refractivity contribution < 1.29 is 22.5 Å². The number of nitrogens with zero attached hydrogens (tertiary/aromatic N) is 3. The molecule has 0 unspecified atom stereocenters. The molecule has 0 aliphatic heterocycles. The molecule has 3 rings (SSSR count). The first-order valence-corrected chi connectivity index (χ1v) is 10.2. The minimum atomic E-state index is -3.88. The van der Waals surface area contributed by atoms with Gasteiger partial charge in [-0.15, -0.1) is 0 Å². The van der Waals surface area contributed by atoms with Crippen LogP contribution in [0.3, 0.4) is 0 Å². The monoisotopic (exact) mass is 415 g/mol. The van der Waals surface area contributed by atoms with Crippen LogP contribution in [0.4, 0.5) is 0 Å². The van der Waals surface area contributed by atoms with Gasteiger partial charge in [0, 0.05) is 12.6 Å². The molecule has 0 radical (unpaired) electrons. The average Bonchev–Trinajstić information content (AvgIpc) is 3.16. The van der Waals surface area contributed by atoms with Gasteiger partial charge < -0.3 is 9.26 Å². The molecule has 3 aromatic rings. The van der Waals surface area contributed by atoms with Gasteiger partial charge in [-0.3, -0.25) is 0 Å². The zero-order valence-corrected chi connectivity index (χ0v) is 17.4. The van der Waals surface area contributed by atoms with Crippen molar-refractivity contribution in [2.24, 2.45) is 0 Å². The summed E-state index contributed by atoms with van der Waals surface area (Å²) >= 11 is 0. The molecule has 9 heteroatoms. The maximum atomic E-state index is 12.9. The van der Waals surface area contributed by atoms with E-state index in [0.29, 0.717) is 11.4 Å².